The van der Waals surface area contributed by atoms with E-state index in [-0.39, 0.29) is 11.5 Å². The summed E-state index contributed by atoms with van der Waals surface area (Å²) in [6.07, 6.45) is 3.98. The Morgan fingerprint density at radius 2 is 1.71 bits per heavy atom. The molecule has 0 aromatic carbocycles. The van der Waals surface area contributed by atoms with Crippen LogP contribution in [0.25, 0.3) is 0 Å². The smallest absolute Gasteiger partial charge is 0.0876 e. The Balaban J connectivity index is 2.21. The van der Waals surface area contributed by atoms with E-state index in [9.17, 15) is 5.11 Å². The van der Waals surface area contributed by atoms with Crippen molar-refractivity contribution in [3.63, 3.8) is 0 Å². The van der Waals surface area contributed by atoms with Gasteiger partial charge in [-0.2, -0.15) is 0 Å². The molecule has 0 radical (unpaired) electrons. The Hall–Kier alpha value is -0.340. The van der Waals surface area contributed by atoms with Crippen LogP contribution >= 0.6 is 0 Å². The number of allylic oxidation sites excluding steroid dienone is 2. The lowest BCUT2D eigenvalue weighted by Gasteiger charge is -2.21. The molecule has 0 spiro atoms. The predicted octanol–water partition coefficient (Wildman–Crippen LogP) is 1.98. The van der Waals surface area contributed by atoms with Crippen LogP contribution in [-0.4, -0.2) is 16.7 Å². The van der Waals surface area contributed by atoms with Crippen LogP contribution in [0.5, 0.6) is 0 Å². The van der Waals surface area contributed by atoms with Gasteiger partial charge in [-0.25, -0.2) is 0 Å². The molecule has 1 saturated carbocycles. The van der Waals surface area contributed by atoms with Gasteiger partial charge in [0, 0.05) is 11.5 Å². The van der Waals surface area contributed by atoms with Crippen molar-refractivity contribution in [3.05, 3.63) is 11.1 Å². The summed E-state index contributed by atoms with van der Waals surface area (Å²) in [5.74, 6) is 0. The molecule has 2 aliphatic rings. The number of hydrogen-bond donors (Lipinski definition) is 2. The van der Waals surface area contributed by atoms with Gasteiger partial charge < -0.3 is 10.8 Å². The zero-order valence-corrected chi connectivity index (χ0v) is 9.43. The van der Waals surface area contributed by atoms with E-state index in [1.165, 1.54) is 11.1 Å². The number of nitrogens with two attached hydrogens (primary N) is 1. The first-order valence-corrected chi connectivity index (χ1v) is 5.55. The van der Waals surface area contributed by atoms with Gasteiger partial charge in [-0.15, -0.1) is 0 Å². The molecule has 0 aromatic rings. The molecule has 0 heterocycles. The zero-order chi connectivity index (χ0) is 10.6. The molecule has 0 bridgehead atoms. The SMILES string of the molecule is C/C1=C(\C)CCC2(O)C(N)C2(C)CC1. The molecule has 80 valence electrons. The van der Waals surface area contributed by atoms with Crippen LogP contribution < -0.4 is 5.73 Å². The van der Waals surface area contributed by atoms with Crippen LogP contribution in [0.4, 0.5) is 0 Å². The fourth-order valence-corrected chi connectivity index (χ4v) is 2.84. The molecule has 2 heteroatoms. The molecular formula is C12H21NO. The second-order valence-corrected chi connectivity index (χ2v) is 5.38. The average Bonchev–Trinajstić information content (AvgIpc) is 2.57. The van der Waals surface area contributed by atoms with E-state index >= 15 is 0 Å². The fourth-order valence-electron chi connectivity index (χ4n) is 2.84. The molecule has 3 unspecified atom stereocenters. The number of aliphatic hydroxyl groups is 1. The molecule has 2 rings (SSSR count). The van der Waals surface area contributed by atoms with E-state index in [0.717, 1.165) is 25.7 Å². The highest BCUT2D eigenvalue weighted by Gasteiger charge is 2.70. The Bertz CT molecular complexity index is 269. The minimum atomic E-state index is -0.574. The molecule has 1 fully saturated rings. The van der Waals surface area contributed by atoms with Crippen LogP contribution in [0.2, 0.25) is 0 Å². The van der Waals surface area contributed by atoms with Crippen molar-refractivity contribution >= 4 is 0 Å². The minimum absolute atomic E-state index is 0.00583. The maximum Gasteiger partial charge on any atom is 0.0876 e. The summed E-state index contributed by atoms with van der Waals surface area (Å²) in [4.78, 5) is 0. The van der Waals surface area contributed by atoms with Gasteiger partial charge in [0.05, 0.1) is 5.60 Å². The molecule has 3 N–H and O–H groups in total. The summed E-state index contributed by atoms with van der Waals surface area (Å²) in [6, 6.07) is -0.00583. The Morgan fingerprint density at radius 3 is 2.29 bits per heavy atom. The highest BCUT2D eigenvalue weighted by Crippen LogP contribution is 2.61. The van der Waals surface area contributed by atoms with Crippen molar-refractivity contribution < 1.29 is 5.11 Å². The van der Waals surface area contributed by atoms with E-state index in [1.54, 1.807) is 0 Å². The summed E-state index contributed by atoms with van der Waals surface area (Å²) in [7, 11) is 0. The minimum Gasteiger partial charge on any atom is -0.388 e. The maximum atomic E-state index is 10.3. The highest BCUT2D eigenvalue weighted by atomic mass is 16.3. The van der Waals surface area contributed by atoms with Gasteiger partial charge >= 0.3 is 0 Å². The Kier molecular flexibility index (Phi) is 2.06. The number of rotatable bonds is 0. The molecule has 2 nitrogen and oxygen atoms in total. The van der Waals surface area contributed by atoms with Crippen LogP contribution in [0, 0.1) is 5.41 Å². The lowest BCUT2D eigenvalue weighted by atomic mass is 9.87. The third-order valence-corrected chi connectivity index (χ3v) is 4.74. The third kappa shape index (κ3) is 1.10. The van der Waals surface area contributed by atoms with E-state index in [1.807, 2.05) is 0 Å². The van der Waals surface area contributed by atoms with Crippen molar-refractivity contribution in [1.29, 1.82) is 0 Å². The van der Waals surface area contributed by atoms with Crippen molar-refractivity contribution in [2.75, 3.05) is 0 Å². The first-order valence-electron chi connectivity index (χ1n) is 5.55. The normalized spacial score (nSPS) is 53.4. The van der Waals surface area contributed by atoms with Gasteiger partial charge in [0.2, 0.25) is 0 Å². The predicted molar refractivity (Wildman–Crippen MR) is 57.9 cm³/mol. The molecule has 3 atom stereocenters. The van der Waals surface area contributed by atoms with Gasteiger partial charge in [-0.1, -0.05) is 18.1 Å². The summed E-state index contributed by atoms with van der Waals surface area (Å²) >= 11 is 0. The standard InChI is InChI=1S/C12H21NO/c1-8-4-6-11(3)10(13)12(11,14)7-5-9(8)2/h10,14H,4-7,13H2,1-3H3/b9-8-. The van der Waals surface area contributed by atoms with E-state index in [2.05, 4.69) is 20.8 Å². The molecule has 0 saturated heterocycles. The van der Waals surface area contributed by atoms with Crippen molar-refractivity contribution in [3.8, 4) is 0 Å². The molecule has 2 aliphatic carbocycles. The van der Waals surface area contributed by atoms with Gasteiger partial charge in [0.1, 0.15) is 0 Å². The van der Waals surface area contributed by atoms with Gasteiger partial charge in [0.25, 0.3) is 0 Å². The summed E-state index contributed by atoms with van der Waals surface area (Å²) < 4.78 is 0. The molecular weight excluding hydrogens is 174 g/mol. The largest absolute Gasteiger partial charge is 0.388 e. The summed E-state index contributed by atoms with van der Waals surface area (Å²) in [5.41, 5.74) is 8.35. The topological polar surface area (TPSA) is 46.2 Å². The average molecular weight is 195 g/mol. The van der Waals surface area contributed by atoms with Crippen molar-refractivity contribution in [1.82, 2.24) is 0 Å². The first kappa shape index (κ1) is 10.2. The van der Waals surface area contributed by atoms with E-state index in [0.29, 0.717) is 0 Å². The first-order chi connectivity index (χ1) is 6.42. The fraction of sp³-hybridized carbons (Fsp3) is 0.833. The van der Waals surface area contributed by atoms with E-state index in [4.69, 9.17) is 5.73 Å². The quantitative estimate of drug-likeness (QED) is 0.580. The Labute approximate surface area is 86.2 Å². The lowest BCUT2D eigenvalue weighted by Crippen LogP contribution is -2.21. The van der Waals surface area contributed by atoms with Gasteiger partial charge in [-0.05, 0) is 39.5 Å². The molecule has 14 heavy (non-hydrogen) atoms. The van der Waals surface area contributed by atoms with Crippen LogP contribution in [0.1, 0.15) is 46.5 Å². The second-order valence-electron chi connectivity index (χ2n) is 5.38. The van der Waals surface area contributed by atoms with Gasteiger partial charge in [-0.3, -0.25) is 0 Å². The van der Waals surface area contributed by atoms with Crippen LogP contribution in [0.3, 0.4) is 0 Å². The van der Waals surface area contributed by atoms with Crippen LogP contribution in [0.15, 0.2) is 11.1 Å². The van der Waals surface area contributed by atoms with Crippen molar-refractivity contribution in [2.45, 2.75) is 58.1 Å². The maximum absolute atomic E-state index is 10.3. The van der Waals surface area contributed by atoms with Gasteiger partial charge in [0.15, 0.2) is 0 Å². The second kappa shape index (κ2) is 2.83. The molecule has 0 aliphatic heterocycles. The number of fused-ring (bicyclic) bond motifs is 1. The van der Waals surface area contributed by atoms with E-state index < -0.39 is 5.60 Å². The van der Waals surface area contributed by atoms with Crippen LogP contribution in [-0.2, 0) is 0 Å². The summed E-state index contributed by atoms with van der Waals surface area (Å²) in [6.45, 7) is 6.51. The highest BCUT2D eigenvalue weighted by molar-refractivity contribution is 5.28. The Morgan fingerprint density at radius 1 is 1.21 bits per heavy atom. The summed E-state index contributed by atoms with van der Waals surface area (Å²) in [5, 5.41) is 10.3. The molecule has 0 amide bonds. The molecule has 0 aromatic heterocycles. The zero-order valence-electron chi connectivity index (χ0n) is 9.43. The number of hydrogen-bond acceptors (Lipinski definition) is 2. The monoisotopic (exact) mass is 195 g/mol. The third-order valence-electron chi connectivity index (χ3n) is 4.74. The lowest BCUT2D eigenvalue weighted by molar-refractivity contribution is 0.0873. The van der Waals surface area contributed by atoms with Crippen molar-refractivity contribution in [2.24, 2.45) is 11.1 Å².